The number of hydrogen-bond donors (Lipinski definition) is 2. The van der Waals surface area contributed by atoms with Crippen LogP contribution in [0.2, 0.25) is 0 Å². The number of hydrogen-bond acceptors (Lipinski definition) is 8. The van der Waals surface area contributed by atoms with Gasteiger partial charge in [0.15, 0.2) is 16.6 Å². The molecule has 1 amide bonds. The number of likely N-dealkylation sites (N-methyl/N-ethyl adjacent to an activating group) is 1. The topological polar surface area (TPSA) is 101 Å². The van der Waals surface area contributed by atoms with Gasteiger partial charge in [0.05, 0.1) is 5.69 Å². The van der Waals surface area contributed by atoms with Crippen molar-refractivity contribution in [2.75, 3.05) is 31.5 Å². The van der Waals surface area contributed by atoms with Crippen LogP contribution in [0.5, 0.6) is 0 Å². The van der Waals surface area contributed by atoms with Crippen LogP contribution in [0.25, 0.3) is 16.6 Å². The Morgan fingerprint density at radius 2 is 2.16 bits per heavy atom. The highest BCUT2D eigenvalue weighted by molar-refractivity contribution is 7.13. The summed E-state index contributed by atoms with van der Waals surface area (Å²) in [5, 5.41) is 13.5. The normalized spacial score (nSPS) is 16.7. The third-order valence-electron chi connectivity index (χ3n) is 5.25. The van der Waals surface area contributed by atoms with Gasteiger partial charge in [-0.15, -0.1) is 11.3 Å². The van der Waals surface area contributed by atoms with Gasteiger partial charge in [-0.3, -0.25) is 4.79 Å². The number of thiazole rings is 1. The molecule has 0 saturated carbocycles. The molecule has 0 aromatic carbocycles. The fourth-order valence-electron chi connectivity index (χ4n) is 3.85. The van der Waals surface area contributed by atoms with E-state index in [1.54, 1.807) is 16.9 Å². The summed E-state index contributed by atoms with van der Waals surface area (Å²) < 4.78 is 1.76. The van der Waals surface area contributed by atoms with Crippen LogP contribution in [0, 0.1) is 13.8 Å². The highest BCUT2D eigenvalue weighted by Crippen LogP contribution is 2.22. The quantitative estimate of drug-likeness (QED) is 0.555. The summed E-state index contributed by atoms with van der Waals surface area (Å²) in [5.74, 6) is 1.48. The van der Waals surface area contributed by atoms with Gasteiger partial charge in [-0.05, 0) is 39.4 Å². The van der Waals surface area contributed by atoms with Gasteiger partial charge in [0.1, 0.15) is 5.82 Å². The van der Waals surface area contributed by atoms with Crippen molar-refractivity contribution in [2.45, 2.75) is 39.7 Å². The molecule has 3 aromatic heterocycles. The van der Waals surface area contributed by atoms with Crippen LogP contribution >= 0.6 is 11.3 Å². The number of carbonyl (C=O) groups excluding carboxylic acids is 1. The molecule has 2 N–H and O–H groups in total. The molecule has 0 spiro atoms. The zero-order valence-electron chi connectivity index (χ0n) is 18.1. The van der Waals surface area contributed by atoms with Crippen LogP contribution in [0.3, 0.4) is 0 Å². The fraction of sp³-hybridized carbons (Fsp3) is 0.476. The molecule has 1 saturated heterocycles. The molecule has 1 atom stereocenters. The van der Waals surface area contributed by atoms with Crippen molar-refractivity contribution in [3.8, 4) is 16.6 Å². The molecule has 1 unspecified atom stereocenters. The van der Waals surface area contributed by atoms with Crippen LogP contribution in [0.1, 0.15) is 31.2 Å². The standard InChI is InChI=1S/C21H28N8OS/c1-4-22-16-5-8-28(13-16)9-6-19(30)24-17-12-18(29-15(3)11-14(2)27-29)26-20(25-17)21-23-7-10-31-21/h7,10-12,16,22H,4-6,8-9,13H2,1-3H3,(H,24,25,26,30). The molecule has 9 nitrogen and oxygen atoms in total. The Morgan fingerprint density at radius 3 is 2.87 bits per heavy atom. The summed E-state index contributed by atoms with van der Waals surface area (Å²) >= 11 is 1.46. The Kier molecular flexibility index (Phi) is 6.69. The van der Waals surface area contributed by atoms with Crippen LogP contribution < -0.4 is 10.6 Å². The molecular weight excluding hydrogens is 412 g/mol. The largest absolute Gasteiger partial charge is 0.313 e. The van der Waals surface area contributed by atoms with Gasteiger partial charge in [-0.1, -0.05) is 6.92 Å². The van der Waals surface area contributed by atoms with Crippen molar-refractivity contribution in [3.63, 3.8) is 0 Å². The lowest BCUT2D eigenvalue weighted by molar-refractivity contribution is -0.116. The predicted molar refractivity (Wildman–Crippen MR) is 122 cm³/mol. The smallest absolute Gasteiger partial charge is 0.226 e. The Morgan fingerprint density at radius 1 is 1.29 bits per heavy atom. The first kappa shape index (κ1) is 21.5. The Balaban J connectivity index is 1.48. The highest BCUT2D eigenvalue weighted by atomic mass is 32.1. The first-order chi connectivity index (χ1) is 15.0. The summed E-state index contributed by atoms with van der Waals surface area (Å²) in [5.41, 5.74) is 1.86. The molecule has 3 aromatic rings. The van der Waals surface area contributed by atoms with E-state index >= 15 is 0 Å². The third-order valence-corrected chi connectivity index (χ3v) is 6.02. The number of aromatic nitrogens is 5. The van der Waals surface area contributed by atoms with Crippen LogP contribution in [-0.2, 0) is 4.79 Å². The van der Waals surface area contributed by atoms with Gasteiger partial charge in [0.25, 0.3) is 0 Å². The minimum Gasteiger partial charge on any atom is -0.313 e. The number of nitrogens with one attached hydrogen (secondary N) is 2. The van der Waals surface area contributed by atoms with Crippen LogP contribution in [0.4, 0.5) is 5.82 Å². The van der Waals surface area contributed by atoms with Gasteiger partial charge in [-0.2, -0.15) is 5.10 Å². The molecule has 1 aliphatic rings. The number of likely N-dealkylation sites (tertiary alicyclic amines) is 1. The van der Waals surface area contributed by atoms with E-state index in [0.29, 0.717) is 34.9 Å². The monoisotopic (exact) mass is 440 g/mol. The lowest BCUT2D eigenvalue weighted by Crippen LogP contribution is -2.33. The average Bonchev–Trinajstić information content (AvgIpc) is 3.48. The molecule has 0 aliphatic carbocycles. The Bertz CT molecular complexity index is 1030. The van der Waals surface area contributed by atoms with E-state index in [2.05, 4.69) is 42.5 Å². The molecule has 164 valence electrons. The van der Waals surface area contributed by atoms with Crippen LogP contribution in [-0.4, -0.2) is 67.8 Å². The van der Waals surface area contributed by atoms with Gasteiger partial charge < -0.3 is 15.5 Å². The van der Waals surface area contributed by atoms with Gasteiger partial charge >= 0.3 is 0 Å². The first-order valence-electron chi connectivity index (χ1n) is 10.6. The minimum absolute atomic E-state index is 0.0602. The van der Waals surface area contributed by atoms with Gasteiger partial charge in [-0.25, -0.2) is 19.6 Å². The predicted octanol–water partition coefficient (Wildman–Crippen LogP) is 2.42. The number of carbonyl (C=O) groups is 1. The molecule has 31 heavy (non-hydrogen) atoms. The Hall–Kier alpha value is -2.69. The summed E-state index contributed by atoms with van der Waals surface area (Å²) in [6, 6.07) is 4.27. The number of rotatable bonds is 8. The van der Waals surface area contributed by atoms with Crippen molar-refractivity contribution in [2.24, 2.45) is 0 Å². The SMILES string of the molecule is CCNC1CCN(CCC(=O)Nc2cc(-n3nc(C)cc3C)nc(-c3nccs3)n2)C1. The van der Waals surface area contributed by atoms with Gasteiger partial charge in [0, 0.05) is 48.9 Å². The zero-order valence-corrected chi connectivity index (χ0v) is 18.9. The number of nitrogens with zero attached hydrogens (tertiary/aromatic N) is 6. The van der Waals surface area contributed by atoms with E-state index in [4.69, 9.17) is 0 Å². The second kappa shape index (κ2) is 9.63. The summed E-state index contributed by atoms with van der Waals surface area (Å²) in [6.07, 6.45) is 3.27. The van der Waals surface area contributed by atoms with Crippen molar-refractivity contribution in [1.82, 2.24) is 34.9 Å². The maximum Gasteiger partial charge on any atom is 0.226 e. The molecule has 10 heteroatoms. The van der Waals surface area contributed by atoms with E-state index in [1.165, 1.54) is 11.3 Å². The van der Waals surface area contributed by atoms with Crippen LogP contribution in [0.15, 0.2) is 23.7 Å². The first-order valence-corrected chi connectivity index (χ1v) is 11.5. The van der Waals surface area contributed by atoms with Crippen molar-refractivity contribution < 1.29 is 4.79 Å². The molecule has 4 rings (SSSR count). The van der Waals surface area contributed by atoms with E-state index in [0.717, 1.165) is 44.0 Å². The Labute approximate surface area is 185 Å². The summed E-state index contributed by atoms with van der Waals surface area (Å²) in [6.45, 7) is 9.76. The second-order valence-corrected chi connectivity index (χ2v) is 8.65. The fourth-order valence-corrected chi connectivity index (χ4v) is 4.42. The highest BCUT2D eigenvalue weighted by Gasteiger charge is 2.22. The molecular formula is C21H28N8OS. The number of anilines is 1. The maximum absolute atomic E-state index is 12.6. The summed E-state index contributed by atoms with van der Waals surface area (Å²) in [4.78, 5) is 28.5. The minimum atomic E-state index is -0.0602. The lowest BCUT2D eigenvalue weighted by atomic mass is 10.3. The third kappa shape index (κ3) is 5.33. The lowest BCUT2D eigenvalue weighted by Gasteiger charge is -2.16. The van der Waals surface area contributed by atoms with Crippen molar-refractivity contribution in [1.29, 1.82) is 0 Å². The molecule has 0 radical (unpaired) electrons. The molecule has 1 fully saturated rings. The van der Waals surface area contributed by atoms with Crippen molar-refractivity contribution >= 4 is 23.1 Å². The van der Waals surface area contributed by atoms with E-state index < -0.39 is 0 Å². The van der Waals surface area contributed by atoms with E-state index in [9.17, 15) is 4.79 Å². The second-order valence-electron chi connectivity index (χ2n) is 7.75. The molecule has 1 aliphatic heterocycles. The van der Waals surface area contributed by atoms with E-state index in [-0.39, 0.29) is 5.91 Å². The molecule has 0 bridgehead atoms. The van der Waals surface area contributed by atoms with Gasteiger partial charge in [0.2, 0.25) is 5.91 Å². The maximum atomic E-state index is 12.6. The van der Waals surface area contributed by atoms with Crippen molar-refractivity contribution in [3.05, 3.63) is 35.1 Å². The average molecular weight is 441 g/mol. The van der Waals surface area contributed by atoms with E-state index in [1.807, 2.05) is 25.3 Å². The zero-order chi connectivity index (χ0) is 21.8. The number of aryl methyl sites for hydroxylation is 2. The summed E-state index contributed by atoms with van der Waals surface area (Å²) in [7, 11) is 0. The number of amides is 1. The molecule has 4 heterocycles.